The van der Waals surface area contributed by atoms with Crippen LogP contribution in [0.2, 0.25) is 0 Å². The highest BCUT2D eigenvalue weighted by molar-refractivity contribution is 5.54. The van der Waals surface area contributed by atoms with Gasteiger partial charge in [-0.2, -0.15) is 0 Å². The largest absolute Gasteiger partial charge is 0.504 e. The van der Waals surface area contributed by atoms with Crippen LogP contribution >= 0.6 is 0 Å². The van der Waals surface area contributed by atoms with E-state index >= 15 is 0 Å². The van der Waals surface area contributed by atoms with Crippen molar-refractivity contribution in [3.8, 4) is 11.5 Å². The maximum atomic E-state index is 9.66. The number of rotatable bonds is 4. The summed E-state index contributed by atoms with van der Waals surface area (Å²) in [6.07, 6.45) is 0. The molecule has 0 fully saturated rings. The molecule has 0 radical (unpaired) electrons. The second-order valence-electron chi connectivity index (χ2n) is 4.04. The topological polar surface area (TPSA) is 67.5 Å². The molecule has 0 atom stereocenters. The number of ether oxygens (including phenoxy) is 1. The minimum Gasteiger partial charge on any atom is -0.504 e. The third kappa shape index (κ3) is 2.40. The first-order chi connectivity index (χ1) is 8.61. The molecule has 5 nitrogen and oxygen atoms in total. The summed E-state index contributed by atoms with van der Waals surface area (Å²) < 4.78 is 10.1. The van der Waals surface area contributed by atoms with Crippen molar-refractivity contribution < 1.29 is 14.4 Å². The van der Waals surface area contributed by atoms with E-state index in [1.165, 1.54) is 7.11 Å². The van der Waals surface area contributed by atoms with E-state index in [2.05, 4.69) is 10.5 Å². The summed E-state index contributed by atoms with van der Waals surface area (Å²) in [6.45, 7) is 4.38. The third-order valence-electron chi connectivity index (χ3n) is 2.83. The number of aromatic nitrogens is 1. The summed E-state index contributed by atoms with van der Waals surface area (Å²) in [5, 5.41) is 16.8. The van der Waals surface area contributed by atoms with Crippen molar-refractivity contribution in [1.82, 2.24) is 5.16 Å². The number of methoxy groups -OCH3 is 1. The van der Waals surface area contributed by atoms with Gasteiger partial charge in [0, 0.05) is 23.9 Å². The fourth-order valence-corrected chi connectivity index (χ4v) is 1.74. The van der Waals surface area contributed by atoms with Gasteiger partial charge >= 0.3 is 0 Å². The Morgan fingerprint density at radius 1 is 1.39 bits per heavy atom. The zero-order valence-corrected chi connectivity index (χ0v) is 10.7. The quantitative estimate of drug-likeness (QED) is 0.870. The van der Waals surface area contributed by atoms with Crippen molar-refractivity contribution in [1.29, 1.82) is 0 Å². The molecule has 18 heavy (non-hydrogen) atoms. The van der Waals surface area contributed by atoms with Gasteiger partial charge in [0.2, 0.25) is 0 Å². The van der Waals surface area contributed by atoms with Gasteiger partial charge in [-0.25, -0.2) is 0 Å². The van der Waals surface area contributed by atoms with E-state index < -0.39 is 0 Å². The number of phenolic OH excluding ortho intramolecular Hbond substituents is 1. The van der Waals surface area contributed by atoms with Crippen LogP contribution in [0.5, 0.6) is 11.5 Å². The van der Waals surface area contributed by atoms with Crippen LogP contribution in [0.1, 0.15) is 17.0 Å². The Labute approximate surface area is 105 Å². The van der Waals surface area contributed by atoms with E-state index in [1.54, 1.807) is 12.1 Å². The van der Waals surface area contributed by atoms with E-state index in [1.807, 2.05) is 19.9 Å². The standard InChI is InChI=1S/C13H16N2O3/c1-8-11(9(2)18-15-8)7-14-10-4-5-13(17-3)12(16)6-10/h4-6,14,16H,7H2,1-3H3. The molecule has 0 aliphatic carbocycles. The van der Waals surface area contributed by atoms with E-state index in [-0.39, 0.29) is 5.75 Å². The molecule has 0 unspecified atom stereocenters. The molecule has 0 amide bonds. The van der Waals surface area contributed by atoms with Crippen molar-refractivity contribution in [2.24, 2.45) is 0 Å². The molecule has 2 N–H and O–H groups in total. The number of benzene rings is 1. The monoisotopic (exact) mass is 248 g/mol. The lowest BCUT2D eigenvalue weighted by Gasteiger charge is -2.08. The van der Waals surface area contributed by atoms with Crippen LogP contribution in [0.15, 0.2) is 22.7 Å². The van der Waals surface area contributed by atoms with Crippen LogP contribution in [-0.4, -0.2) is 17.4 Å². The fourth-order valence-electron chi connectivity index (χ4n) is 1.74. The Hall–Kier alpha value is -2.17. The number of hydrogen-bond acceptors (Lipinski definition) is 5. The minimum absolute atomic E-state index is 0.112. The lowest BCUT2D eigenvalue weighted by Crippen LogP contribution is -2.01. The van der Waals surface area contributed by atoms with Gasteiger partial charge in [0.15, 0.2) is 11.5 Å². The maximum absolute atomic E-state index is 9.66. The SMILES string of the molecule is COc1ccc(NCc2c(C)noc2C)cc1O. The van der Waals surface area contributed by atoms with Crippen LogP contribution in [0, 0.1) is 13.8 Å². The first kappa shape index (κ1) is 12.3. The Balaban J connectivity index is 2.09. The lowest BCUT2D eigenvalue weighted by atomic mass is 10.2. The summed E-state index contributed by atoms with van der Waals surface area (Å²) >= 11 is 0. The van der Waals surface area contributed by atoms with Crippen LogP contribution in [-0.2, 0) is 6.54 Å². The van der Waals surface area contributed by atoms with Crippen LogP contribution in [0.25, 0.3) is 0 Å². The van der Waals surface area contributed by atoms with Gasteiger partial charge in [-0.05, 0) is 26.0 Å². The third-order valence-corrected chi connectivity index (χ3v) is 2.83. The summed E-state index contributed by atoms with van der Waals surface area (Å²) in [5.74, 6) is 1.37. The molecule has 0 aliphatic heterocycles. The van der Waals surface area contributed by atoms with E-state index in [9.17, 15) is 5.11 Å². The normalized spacial score (nSPS) is 10.4. The van der Waals surface area contributed by atoms with Crippen LogP contribution in [0.4, 0.5) is 5.69 Å². The molecular weight excluding hydrogens is 232 g/mol. The van der Waals surface area contributed by atoms with Crippen molar-refractivity contribution in [3.05, 3.63) is 35.2 Å². The molecule has 5 heteroatoms. The van der Waals surface area contributed by atoms with Gasteiger partial charge in [-0.15, -0.1) is 0 Å². The minimum atomic E-state index is 0.112. The van der Waals surface area contributed by atoms with Crippen molar-refractivity contribution in [3.63, 3.8) is 0 Å². The van der Waals surface area contributed by atoms with E-state index in [0.29, 0.717) is 12.3 Å². The molecule has 0 spiro atoms. The lowest BCUT2D eigenvalue weighted by molar-refractivity contribution is 0.373. The predicted octanol–water partition coefficient (Wildman–Crippen LogP) is 2.62. The molecule has 96 valence electrons. The average molecular weight is 248 g/mol. The predicted molar refractivity (Wildman–Crippen MR) is 68.0 cm³/mol. The molecule has 2 rings (SSSR count). The summed E-state index contributed by atoms with van der Waals surface area (Å²) in [4.78, 5) is 0. The zero-order chi connectivity index (χ0) is 13.1. The Morgan fingerprint density at radius 3 is 2.72 bits per heavy atom. The summed E-state index contributed by atoms with van der Waals surface area (Å²) in [7, 11) is 1.52. The first-order valence-corrected chi connectivity index (χ1v) is 5.64. The van der Waals surface area contributed by atoms with Gasteiger partial charge in [-0.3, -0.25) is 0 Å². The first-order valence-electron chi connectivity index (χ1n) is 5.64. The second kappa shape index (κ2) is 5.00. The molecular formula is C13H16N2O3. The van der Waals surface area contributed by atoms with Gasteiger partial charge in [-0.1, -0.05) is 5.16 Å². The van der Waals surface area contributed by atoms with Gasteiger partial charge < -0.3 is 19.7 Å². The highest BCUT2D eigenvalue weighted by atomic mass is 16.5. The van der Waals surface area contributed by atoms with Crippen molar-refractivity contribution in [2.45, 2.75) is 20.4 Å². The number of nitrogens with zero attached hydrogens (tertiary/aromatic N) is 1. The highest BCUT2D eigenvalue weighted by Crippen LogP contribution is 2.28. The molecule has 1 heterocycles. The summed E-state index contributed by atoms with van der Waals surface area (Å²) in [6, 6.07) is 5.18. The van der Waals surface area contributed by atoms with E-state index in [4.69, 9.17) is 9.26 Å². The van der Waals surface area contributed by atoms with Gasteiger partial charge in [0.25, 0.3) is 0 Å². The number of aromatic hydroxyl groups is 1. The average Bonchev–Trinajstić information content (AvgIpc) is 2.67. The smallest absolute Gasteiger partial charge is 0.160 e. The Kier molecular flexibility index (Phi) is 3.41. The van der Waals surface area contributed by atoms with Crippen LogP contribution in [0.3, 0.4) is 0 Å². The number of anilines is 1. The zero-order valence-electron chi connectivity index (χ0n) is 10.7. The maximum Gasteiger partial charge on any atom is 0.160 e. The highest BCUT2D eigenvalue weighted by Gasteiger charge is 2.09. The number of hydrogen-bond donors (Lipinski definition) is 2. The van der Waals surface area contributed by atoms with Crippen molar-refractivity contribution >= 4 is 5.69 Å². The number of phenols is 1. The molecule has 0 saturated carbocycles. The molecule has 2 aromatic rings. The van der Waals surface area contributed by atoms with E-state index in [0.717, 1.165) is 22.7 Å². The Bertz CT molecular complexity index is 530. The van der Waals surface area contributed by atoms with Gasteiger partial charge in [0.05, 0.1) is 12.8 Å². The molecule has 1 aromatic heterocycles. The molecule has 0 saturated heterocycles. The van der Waals surface area contributed by atoms with Crippen molar-refractivity contribution in [2.75, 3.05) is 12.4 Å². The second-order valence-corrected chi connectivity index (χ2v) is 4.04. The molecule has 0 aliphatic rings. The fraction of sp³-hybridized carbons (Fsp3) is 0.308. The summed E-state index contributed by atoms with van der Waals surface area (Å²) in [5.41, 5.74) is 2.72. The Morgan fingerprint density at radius 2 is 2.17 bits per heavy atom. The number of nitrogens with one attached hydrogen (secondary N) is 1. The van der Waals surface area contributed by atoms with Crippen LogP contribution < -0.4 is 10.1 Å². The number of aryl methyl sites for hydroxylation is 2. The molecule has 0 bridgehead atoms. The molecule has 1 aromatic carbocycles. The van der Waals surface area contributed by atoms with Gasteiger partial charge in [0.1, 0.15) is 5.76 Å².